The lowest BCUT2D eigenvalue weighted by atomic mass is 9.74. The summed E-state index contributed by atoms with van der Waals surface area (Å²) in [6.45, 7) is 3.04. The molecule has 0 spiro atoms. The second-order valence-corrected chi connectivity index (χ2v) is 8.23. The zero-order chi connectivity index (χ0) is 22.2. The van der Waals surface area contributed by atoms with Gasteiger partial charge in [-0.15, -0.1) is 0 Å². The molecule has 1 atom stereocenters. The van der Waals surface area contributed by atoms with Gasteiger partial charge in [0.15, 0.2) is 5.60 Å². The number of alkyl halides is 3. The van der Waals surface area contributed by atoms with Crippen molar-refractivity contribution in [2.24, 2.45) is 0 Å². The molecule has 1 unspecified atom stereocenters. The van der Waals surface area contributed by atoms with Crippen molar-refractivity contribution in [3.05, 3.63) is 53.8 Å². The van der Waals surface area contributed by atoms with E-state index in [4.69, 9.17) is 4.74 Å². The smallest absolute Gasteiger partial charge is 0.418 e. The number of nitrogens with zero attached hydrogens (tertiary/aromatic N) is 2. The largest absolute Gasteiger partial charge is 0.496 e. The van der Waals surface area contributed by atoms with E-state index in [0.717, 1.165) is 6.07 Å². The van der Waals surface area contributed by atoms with Gasteiger partial charge in [-0.3, -0.25) is 5.32 Å². The minimum absolute atomic E-state index is 0.263. The number of halogens is 4. The molecule has 0 aliphatic carbocycles. The van der Waals surface area contributed by atoms with Crippen molar-refractivity contribution in [2.75, 3.05) is 31.6 Å². The third-order valence-corrected chi connectivity index (χ3v) is 5.48. The average Bonchev–Trinajstić information content (AvgIpc) is 2.67. The van der Waals surface area contributed by atoms with Crippen molar-refractivity contribution in [2.45, 2.75) is 37.5 Å². The summed E-state index contributed by atoms with van der Waals surface area (Å²) < 4.78 is 61.5. The van der Waals surface area contributed by atoms with Gasteiger partial charge in [0.25, 0.3) is 0 Å². The van der Waals surface area contributed by atoms with Crippen LogP contribution in [0.15, 0.2) is 42.5 Å². The lowest BCUT2D eigenvalue weighted by Gasteiger charge is -2.42. The molecule has 0 saturated carbocycles. The first-order chi connectivity index (χ1) is 14.0. The molecule has 0 fully saturated rings. The summed E-state index contributed by atoms with van der Waals surface area (Å²) in [5.74, 6) is -0.311. The van der Waals surface area contributed by atoms with Gasteiger partial charge < -0.3 is 14.7 Å². The summed E-state index contributed by atoms with van der Waals surface area (Å²) in [4.78, 5) is 1.51. The molecule has 1 heterocycles. The first kappa shape index (κ1) is 22.2. The molecule has 8 heteroatoms. The molecular weight excluding hydrogens is 400 g/mol. The van der Waals surface area contributed by atoms with Crippen LogP contribution in [-0.2, 0) is 5.41 Å². The van der Waals surface area contributed by atoms with Crippen LogP contribution in [0.25, 0.3) is 0 Å². The van der Waals surface area contributed by atoms with E-state index in [1.54, 1.807) is 38.1 Å². The van der Waals surface area contributed by atoms with Gasteiger partial charge in [0.2, 0.25) is 0 Å². The molecule has 2 aromatic rings. The van der Waals surface area contributed by atoms with Gasteiger partial charge in [0.1, 0.15) is 11.6 Å². The Bertz CT molecular complexity index is 901. The Morgan fingerprint density at radius 2 is 1.83 bits per heavy atom. The third kappa shape index (κ3) is 4.33. The van der Waals surface area contributed by atoms with Crippen LogP contribution >= 0.6 is 0 Å². The van der Waals surface area contributed by atoms with Crippen LogP contribution in [0.5, 0.6) is 5.75 Å². The van der Waals surface area contributed by atoms with Crippen LogP contribution in [0.2, 0.25) is 0 Å². The zero-order valence-electron chi connectivity index (χ0n) is 17.1. The summed E-state index contributed by atoms with van der Waals surface area (Å²) >= 11 is 0. The number of ether oxygens (including phenoxy) is 1. The molecule has 0 aromatic heterocycles. The van der Waals surface area contributed by atoms with Crippen LogP contribution in [0.3, 0.4) is 0 Å². The quantitative estimate of drug-likeness (QED) is 0.691. The second-order valence-electron chi connectivity index (χ2n) is 8.23. The summed E-state index contributed by atoms with van der Waals surface area (Å²) in [5, 5.41) is 15.3. The molecule has 3 rings (SSSR count). The van der Waals surface area contributed by atoms with Crippen molar-refractivity contribution < 1.29 is 27.4 Å². The second kappa shape index (κ2) is 7.98. The van der Waals surface area contributed by atoms with Gasteiger partial charge in [-0.05, 0) is 42.2 Å². The first-order valence-corrected chi connectivity index (χ1v) is 9.61. The van der Waals surface area contributed by atoms with E-state index in [1.807, 2.05) is 0 Å². The van der Waals surface area contributed by atoms with Crippen LogP contribution in [0.4, 0.5) is 28.9 Å². The summed E-state index contributed by atoms with van der Waals surface area (Å²) in [5.41, 5.74) is -2.84. The Balaban J connectivity index is 1.96. The maximum absolute atomic E-state index is 14.1. The molecule has 0 amide bonds. The molecule has 0 saturated heterocycles. The van der Waals surface area contributed by atoms with Gasteiger partial charge in [-0.25, -0.2) is 4.39 Å². The Morgan fingerprint density at radius 1 is 1.13 bits per heavy atom. The zero-order valence-corrected chi connectivity index (χ0v) is 17.1. The number of β-amino-alcohol motifs (C(OH)–C–C–N with tert-alkyl or cyclic N) is 1. The van der Waals surface area contributed by atoms with Gasteiger partial charge in [0.05, 0.1) is 31.6 Å². The number of rotatable bonds is 6. The normalized spacial score (nSPS) is 16.5. The summed E-state index contributed by atoms with van der Waals surface area (Å²) in [6.07, 6.45) is -5.56. The number of hydrogen-bond acceptors (Lipinski definition) is 3. The highest BCUT2D eigenvalue weighted by Crippen LogP contribution is 2.45. The summed E-state index contributed by atoms with van der Waals surface area (Å²) in [6, 6.07) is 10.6. The van der Waals surface area contributed by atoms with Crippen molar-refractivity contribution in [3.8, 4) is 5.75 Å². The fourth-order valence-corrected chi connectivity index (χ4v) is 4.04. The van der Waals surface area contributed by atoms with E-state index >= 15 is 0 Å². The summed E-state index contributed by atoms with van der Waals surface area (Å²) in [7, 11) is 1.37. The minimum Gasteiger partial charge on any atom is -0.496 e. The van der Waals surface area contributed by atoms with Crippen LogP contribution in [-0.4, -0.2) is 43.6 Å². The predicted molar refractivity (Wildman–Crippen MR) is 107 cm³/mol. The maximum atomic E-state index is 14.1. The van der Waals surface area contributed by atoms with Crippen molar-refractivity contribution in [1.29, 1.82) is 0 Å². The lowest BCUT2D eigenvalue weighted by molar-refractivity contribution is -0.262. The van der Waals surface area contributed by atoms with Gasteiger partial charge in [-0.2, -0.15) is 13.2 Å². The standard InChI is InChI=1S/C22H25F4N2O2/c1-20(2,16-12-15(23)8-9-19(16)30-3)13-21(29,22(24,25)26)14-28-11-10-27-17-6-4-5-7-18(17)28/h4-9,12,29H,10-11,13-14H2,1-3H3. The maximum Gasteiger partial charge on any atom is 0.418 e. The number of hydrogen-bond donors (Lipinski definition) is 1. The highest BCUT2D eigenvalue weighted by molar-refractivity contribution is 5.68. The number of aliphatic hydroxyl groups is 1. The van der Waals surface area contributed by atoms with Crippen LogP contribution in [0.1, 0.15) is 25.8 Å². The van der Waals surface area contributed by atoms with Crippen LogP contribution in [0, 0.1) is 5.82 Å². The molecule has 1 N–H and O–H groups in total. The number of anilines is 1. The monoisotopic (exact) mass is 425 g/mol. The molecule has 4 nitrogen and oxygen atoms in total. The van der Waals surface area contributed by atoms with Crippen molar-refractivity contribution >= 4 is 11.4 Å². The van der Waals surface area contributed by atoms with E-state index in [0.29, 0.717) is 17.9 Å². The molecular formula is C22H25F4N2O2. The third-order valence-electron chi connectivity index (χ3n) is 5.48. The van der Waals surface area contributed by atoms with E-state index in [-0.39, 0.29) is 17.9 Å². The van der Waals surface area contributed by atoms with Gasteiger partial charge in [-0.1, -0.05) is 26.0 Å². The Labute approximate surface area is 173 Å². The molecule has 2 aromatic carbocycles. The SMILES string of the molecule is COc1ccc(F)cc1C(C)(C)CC(O)(CN1CC[N]c2ccccc21)C(F)(F)F. The highest BCUT2D eigenvalue weighted by atomic mass is 19.4. The minimum atomic E-state index is -4.89. The fraction of sp³-hybridized carbons (Fsp3) is 0.455. The van der Waals surface area contributed by atoms with E-state index < -0.39 is 36.0 Å². The topological polar surface area (TPSA) is 46.8 Å². The highest BCUT2D eigenvalue weighted by Gasteiger charge is 2.57. The molecule has 1 radical (unpaired) electrons. The molecule has 30 heavy (non-hydrogen) atoms. The molecule has 163 valence electrons. The number of para-hydroxylation sites is 2. The van der Waals surface area contributed by atoms with Crippen LogP contribution < -0.4 is 15.0 Å². The first-order valence-electron chi connectivity index (χ1n) is 9.61. The van der Waals surface area contributed by atoms with Gasteiger partial charge >= 0.3 is 6.18 Å². The van der Waals surface area contributed by atoms with E-state index in [1.165, 1.54) is 24.1 Å². The lowest BCUT2D eigenvalue weighted by Crippen LogP contribution is -2.57. The molecule has 1 aliphatic heterocycles. The average molecular weight is 425 g/mol. The Kier molecular flexibility index (Phi) is 5.91. The fourth-order valence-electron chi connectivity index (χ4n) is 4.04. The molecule has 1 aliphatic rings. The number of fused-ring (bicyclic) bond motifs is 1. The Hall–Kier alpha value is -2.48. The van der Waals surface area contributed by atoms with Crippen molar-refractivity contribution in [1.82, 2.24) is 5.32 Å². The number of benzene rings is 2. The van der Waals surface area contributed by atoms with Gasteiger partial charge in [0, 0.05) is 12.1 Å². The molecule has 0 bridgehead atoms. The Morgan fingerprint density at radius 3 is 2.50 bits per heavy atom. The predicted octanol–water partition coefficient (Wildman–Crippen LogP) is 4.55. The number of methoxy groups -OCH3 is 1. The van der Waals surface area contributed by atoms with E-state index in [9.17, 15) is 22.7 Å². The van der Waals surface area contributed by atoms with E-state index in [2.05, 4.69) is 5.32 Å². The van der Waals surface area contributed by atoms with Crippen molar-refractivity contribution in [3.63, 3.8) is 0 Å².